The van der Waals surface area contributed by atoms with Gasteiger partial charge in [-0.3, -0.25) is 24.4 Å². The summed E-state index contributed by atoms with van der Waals surface area (Å²) in [5, 5.41) is 2.91. The zero-order valence-corrected chi connectivity index (χ0v) is 26.4. The molecule has 1 fully saturated rings. The van der Waals surface area contributed by atoms with E-state index >= 15 is 0 Å². The van der Waals surface area contributed by atoms with Crippen LogP contribution in [0.5, 0.6) is 5.75 Å². The molecule has 45 heavy (non-hydrogen) atoms. The molecule has 0 saturated carbocycles. The number of alkyl halides is 3. The Labute approximate surface area is 260 Å². The molecule has 0 unspecified atom stereocenters. The lowest BCUT2D eigenvalue weighted by molar-refractivity contribution is -0.149. The van der Waals surface area contributed by atoms with Gasteiger partial charge in [-0.25, -0.2) is 0 Å². The van der Waals surface area contributed by atoms with E-state index in [9.17, 15) is 22.8 Å². The minimum Gasteiger partial charge on any atom is -0.496 e. The van der Waals surface area contributed by atoms with E-state index in [0.717, 1.165) is 39.3 Å². The standard InChI is InChI=1S/C33H39F3N6O3/c1-19-13-24(14-20(2)38-19)25-7-8-42-28(25)16-26(31(43)37-17-27-29(45-6)15-21(3)39-32(27)44)22(4)30(42)23(5)41-11-9-40(10-12-41)18-33(34,35)36/h7-8,13-16,23H,9-12,17-18H2,1-6H3,(H,37,43)(H,39,44)/t23-/m0/s1. The fourth-order valence-electron chi connectivity index (χ4n) is 6.38. The molecule has 4 aromatic heterocycles. The number of methoxy groups -OCH3 is 1. The van der Waals surface area contributed by atoms with Crippen LogP contribution in [0.25, 0.3) is 16.6 Å². The van der Waals surface area contributed by atoms with Gasteiger partial charge in [-0.2, -0.15) is 13.2 Å². The van der Waals surface area contributed by atoms with Crippen LogP contribution in [0.3, 0.4) is 0 Å². The number of nitrogens with zero attached hydrogens (tertiary/aromatic N) is 4. The Balaban J connectivity index is 1.55. The molecule has 1 saturated heterocycles. The van der Waals surface area contributed by atoms with Crippen molar-refractivity contribution in [2.75, 3.05) is 39.8 Å². The van der Waals surface area contributed by atoms with Gasteiger partial charge in [0.15, 0.2) is 0 Å². The van der Waals surface area contributed by atoms with Gasteiger partial charge in [-0.15, -0.1) is 0 Å². The molecule has 0 radical (unpaired) electrons. The maximum absolute atomic E-state index is 13.9. The van der Waals surface area contributed by atoms with E-state index < -0.39 is 12.7 Å². The third-order valence-corrected chi connectivity index (χ3v) is 8.52. The van der Waals surface area contributed by atoms with Crippen molar-refractivity contribution in [1.82, 2.24) is 29.5 Å². The fourth-order valence-corrected chi connectivity index (χ4v) is 6.38. The van der Waals surface area contributed by atoms with Gasteiger partial charge < -0.3 is 19.4 Å². The Bertz CT molecular complexity index is 1770. The zero-order chi connectivity index (χ0) is 32.6. The summed E-state index contributed by atoms with van der Waals surface area (Å²) >= 11 is 0. The number of hydrogen-bond acceptors (Lipinski definition) is 6. The number of aromatic amines is 1. The van der Waals surface area contributed by atoms with E-state index in [1.165, 1.54) is 12.0 Å². The molecule has 240 valence electrons. The number of carbonyl (C=O) groups excluding carboxylic acids is 1. The van der Waals surface area contributed by atoms with Gasteiger partial charge in [0.25, 0.3) is 11.5 Å². The Hall–Kier alpha value is -4.16. The van der Waals surface area contributed by atoms with Gasteiger partial charge in [0.2, 0.25) is 0 Å². The molecule has 5 rings (SSSR count). The van der Waals surface area contributed by atoms with Crippen molar-refractivity contribution < 1.29 is 22.7 Å². The number of hydrogen-bond donors (Lipinski definition) is 2. The molecule has 0 aliphatic carbocycles. The molecule has 1 amide bonds. The minimum absolute atomic E-state index is 0.0368. The predicted octanol–water partition coefficient (Wildman–Crippen LogP) is 5.10. The van der Waals surface area contributed by atoms with Gasteiger partial charge in [0, 0.05) is 72.3 Å². The maximum Gasteiger partial charge on any atom is 0.401 e. The molecule has 12 heteroatoms. The molecule has 0 bridgehead atoms. The fraction of sp³-hybridized carbons (Fsp3) is 0.424. The normalized spacial score (nSPS) is 15.4. The monoisotopic (exact) mass is 624 g/mol. The highest BCUT2D eigenvalue weighted by atomic mass is 19.4. The number of aryl methyl sites for hydroxylation is 3. The van der Waals surface area contributed by atoms with Crippen molar-refractivity contribution in [3.8, 4) is 16.9 Å². The van der Waals surface area contributed by atoms with Crippen LogP contribution in [0.15, 0.2) is 41.3 Å². The quantitative estimate of drug-likeness (QED) is 0.283. The van der Waals surface area contributed by atoms with Crippen LogP contribution in [-0.4, -0.2) is 76.1 Å². The zero-order valence-electron chi connectivity index (χ0n) is 26.4. The molecule has 9 nitrogen and oxygen atoms in total. The SMILES string of the molecule is COc1cc(C)[nH]c(=O)c1CNC(=O)c1cc2c(-c3cc(C)nc(C)c3)ccn2c([C@H](C)N2CCN(CC(F)(F)F)CC2)c1C. The second kappa shape index (κ2) is 12.7. The lowest BCUT2D eigenvalue weighted by atomic mass is 9.98. The van der Waals surface area contributed by atoms with Crippen LogP contribution >= 0.6 is 0 Å². The smallest absolute Gasteiger partial charge is 0.401 e. The number of halogens is 3. The van der Waals surface area contributed by atoms with Crippen LogP contribution in [-0.2, 0) is 6.54 Å². The number of pyridine rings is 3. The number of fused-ring (bicyclic) bond motifs is 1. The highest BCUT2D eigenvalue weighted by molar-refractivity contribution is 5.98. The molecule has 5 heterocycles. The summed E-state index contributed by atoms with van der Waals surface area (Å²) in [6, 6.07) is 9.38. The van der Waals surface area contributed by atoms with Gasteiger partial charge >= 0.3 is 6.18 Å². The highest BCUT2D eigenvalue weighted by Crippen LogP contribution is 2.34. The van der Waals surface area contributed by atoms with Crippen molar-refractivity contribution in [3.05, 3.63) is 86.3 Å². The summed E-state index contributed by atoms with van der Waals surface area (Å²) in [7, 11) is 1.48. The van der Waals surface area contributed by atoms with Crippen molar-refractivity contribution in [1.29, 1.82) is 0 Å². The maximum atomic E-state index is 13.9. The third-order valence-electron chi connectivity index (χ3n) is 8.52. The Morgan fingerprint density at radius 2 is 1.73 bits per heavy atom. The van der Waals surface area contributed by atoms with Crippen LogP contribution in [0, 0.1) is 27.7 Å². The number of H-pyrrole nitrogens is 1. The molecular weight excluding hydrogens is 585 g/mol. The number of ether oxygens (including phenoxy) is 1. The van der Waals surface area contributed by atoms with Crippen molar-refractivity contribution >= 4 is 11.4 Å². The third kappa shape index (κ3) is 6.91. The Kier molecular flexibility index (Phi) is 9.09. The predicted molar refractivity (Wildman–Crippen MR) is 167 cm³/mol. The number of rotatable bonds is 8. The van der Waals surface area contributed by atoms with Crippen LogP contribution < -0.4 is 15.6 Å². The van der Waals surface area contributed by atoms with E-state index in [1.807, 2.05) is 58.2 Å². The van der Waals surface area contributed by atoms with Gasteiger partial charge in [0.05, 0.1) is 31.3 Å². The topological polar surface area (TPSA) is 95.0 Å². The van der Waals surface area contributed by atoms with Gasteiger partial charge in [-0.05, 0) is 76.1 Å². The first-order valence-corrected chi connectivity index (χ1v) is 14.9. The molecular formula is C33H39F3N6O3. The van der Waals surface area contributed by atoms with E-state index in [-0.39, 0.29) is 24.1 Å². The summed E-state index contributed by atoms with van der Waals surface area (Å²) in [5.74, 6) is 0.0368. The van der Waals surface area contributed by atoms with Crippen LogP contribution in [0.4, 0.5) is 13.2 Å². The van der Waals surface area contributed by atoms with E-state index in [4.69, 9.17) is 4.74 Å². The molecule has 2 N–H and O–H groups in total. The largest absolute Gasteiger partial charge is 0.496 e. The Morgan fingerprint density at radius 1 is 1.07 bits per heavy atom. The van der Waals surface area contributed by atoms with Crippen molar-refractivity contribution in [3.63, 3.8) is 0 Å². The number of piperazine rings is 1. The summed E-state index contributed by atoms with van der Waals surface area (Å²) in [5.41, 5.74) is 7.15. The Morgan fingerprint density at radius 3 is 2.36 bits per heavy atom. The minimum atomic E-state index is -4.24. The first-order chi connectivity index (χ1) is 21.3. The van der Waals surface area contributed by atoms with E-state index in [1.54, 1.807) is 13.0 Å². The van der Waals surface area contributed by atoms with Crippen molar-refractivity contribution in [2.24, 2.45) is 0 Å². The number of nitrogens with one attached hydrogen (secondary N) is 2. The van der Waals surface area contributed by atoms with Crippen molar-refractivity contribution in [2.45, 2.75) is 53.4 Å². The molecule has 1 aliphatic rings. The molecule has 0 spiro atoms. The van der Waals surface area contributed by atoms with Gasteiger partial charge in [0.1, 0.15) is 5.75 Å². The number of carbonyl (C=O) groups is 1. The van der Waals surface area contributed by atoms with E-state index in [2.05, 4.69) is 24.6 Å². The lowest BCUT2D eigenvalue weighted by Gasteiger charge is -2.39. The second-order valence-electron chi connectivity index (χ2n) is 11.8. The molecule has 1 atom stereocenters. The summed E-state index contributed by atoms with van der Waals surface area (Å²) in [4.78, 5) is 37.4. The van der Waals surface area contributed by atoms with Gasteiger partial charge in [-0.1, -0.05) is 0 Å². The summed E-state index contributed by atoms with van der Waals surface area (Å²) in [6.45, 7) is 10.1. The lowest BCUT2D eigenvalue weighted by Crippen LogP contribution is -2.49. The molecule has 1 aliphatic heterocycles. The first kappa shape index (κ1) is 32.2. The van der Waals surface area contributed by atoms with Crippen LogP contribution in [0.1, 0.15) is 57.2 Å². The highest BCUT2D eigenvalue weighted by Gasteiger charge is 2.34. The number of aromatic nitrogens is 3. The first-order valence-electron chi connectivity index (χ1n) is 14.9. The summed E-state index contributed by atoms with van der Waals surface area (Å²) in [6.07, 6.45) is -2.26. The average molecular weight is 625 g/mol. The summed E-state index contributed by atoms with van der Waals surface area (Å²) < 4.78 is 46.6. The second-order valence-corrected chi connectivity index (χ2v) is 11.8. The molecule has 0 aromatic carbocycles. The molecule has 4 aromatic rings. The number of amides is 1. The van der Waals surface area contributed by atoms with E-state index in [0.29, 0.717) is 48.7 Å². The van der Waals surface area contributed by atoms with Crippen LogP contribution in [0.2, 0.25) is 0 Å². The average Bonchev–Trinajstić information content (AvgIpc) is 3.38.